The van der Waals surface area contributed by atoms with Crippen molar-refractivity contribution in [3.63, 3.8) is 0 Å². The SMILES string of the molecule is COc1ccc(COC[C@@H]2O[C@H]([C@@H](C)C[C@@H]3O[C@]4(C)C[C@H](C)C[C@H](OCc5ccc(OC)cc5)[C@@H](CO[Si](C(C)C)(C(C)C)C(C)C)O[C@H]4CC3=O)[C@@H](OCc3ccc(OC)cc3)C/C=C\C[C@H]2OCc2ccc(OC)cc2)cc1. The molecule has 0 spiro atoms. The molecular weight excluding hydrogens is 1030 g/mol. The van der Waals surface area contributed by atoms with Gasteiger partial charge in [0.2, 0.25) is 0 Å². The lowest BCUT2D eigenvalue weighted by Gasteiger charge is -2.50. The van der Waals surface area contributed by atoms with Crippen LogP contribution >= 0.6 is 0 Å². The van der Waals surface area contributed by atoms with Crippen molar-refractivity contribution in [1.29, 1.82) is 0 Å². The van der Waals surface area contributed by atoms with Crippen LogP contribution in [0.4, 0.5) is 0 Å². The second kappa shape index (κ2) is 30.1. The van der Waals surface area contributed by atoms with E-state index in [1.165, 1.54) is 0 Å². The van der Waals surface area contributed by atoms with Crippen molar-refractivity contribution in [2.24, 2.45) is 11.8 Å². The Morgan fingerprint density at radius 2 is 0.988 bits per heavy atom. The first-order chi connectivity index (χ1) is 38.5. The van der Waals surface area contributed by atoms with Crippen molar-refractivity contribution < 1.29 is 61.3 Å². The van der Waals surface area contributed by atoms with E-state index in [2.05, 4.69) is 74.5 Å². The summed E-state index contributed by atoms with van der Waals surface area (Å²) in [6.45, 7) is 22.5. The van der Waals surface area contributed by atoms with E-state index in [0.29, 0.717) is 75.3 Å². The van der Waals surface area contributed by atoms with E-state index in [-0.39, 0.29) is 42.9 Å². The zero-order valence-electron chi connectivity index (χ0n) is 50.2. The van der Waals surface area contributed by atoms with Gasteiger partial charge in [-0.3, -0.25) is 4.79 Å². The predicted octanol–water partition coefficient (Wildman–Crippen LogP) is 13.6. The van der Waals surface area contributed by atoms with Gasteiger partial charge in [-0.25, -0.2) is 0 Å². The fourth-order valence-corrected chi connectivity index (χ4v) is 18.0. The first kappa shape index (κ1) is 63.0. The van der Waals surface area contributed by atoms with Crippen LogP contribution < -0.4 is 18.9 Å². The van der Waals surface area contributed by atoms with E-state index in [1.54, 1.807) is 28.4 Å². The molecule has 440 valence electrons. The quantitative estimate of drug-likeness (QED) is 0.0437. The second-order valence-electron chi connectivity index (χ2n) is 23.7. The molecule has 11 atom stereocenters. The first-order valence-corrected chi connectivity index (χ1v) is 31.4. The molecule has 0 radical (unpaired) electrons. The van der Waals surface area contributed by atoms with Gasteiger partial charge in [-0.15, -0.1) is 0 Å². The highest BCUT2D eigenvalue weighted by atomic mass is 28.4. The van der Waals surface area contributed by atoms with Gasteiger partial charge in [0.15, 0.2) is 14.1 Å². The summed E-state index contributed by atoms with van der Waals surface area (Å²) in [7, 11) is 4.35. The van der Waals surface area contributed by atoms with Gasteiger partial charge in [-0.05, 0) is 138 Å². The molecule has 0 unspecified atom stereocenters. The number of ether oxygens (including phenoxy) is 11. The van der Waals surface area contributed by atoms with E-state index >= 15 is 0 Å². The number of ketones is 1. The monoisotopic (exact) mass is 1120 g/mol. The lowest BCUT2D eigenvalue weighted by Crippen LogP contribution is -2.59. The molecular formula is C66H94O13Si. The molecule has 14 heteroatoms. The Morgan fingerprint density at radius 1 is 0.562 bits per heavy atom. The van der Waals surface area contributed by atoms with Gasteiger partial charge in [0, 0.05) is 6.42 Å². The molecule has 0 aliphatic carbocycles. The third-order valence-corrected chi connectivity index (χ3v) is 23.0. The molecule has 7 rings (SSSR count). The summed E-state index contributed by atoms with van der Waals surface area (Å²) in [4.78, 5) is 14.9. The minimum atomic E-state index is -2.31. The number of fused-ring (bicyclic) bond motifs is 1. The smallest absolute Gasteiger partial charge is 0.200 e. The summed E-state index contributed by atoms with van der Waals surface area (Å²) >= 11 is 0. The largest absolute Gasteiger partial charge is 0.497 e. The highest BCUT2D eigenvalue weighted by molar-refractivity contribution is 6.77. The van der Waals surface area contributed by atoms with Crippen LogP contribution in [0.2, 0.25) is 16.6 Å². The Labute approximate surface area is 479 Å². The highest BCUT2D eigenvalue weighted by Gasteiger charge is 2.52. The minimum absolute atomic E-state index is 0.0110. The number of carbonyl (C=O) groups is 1. The maximum atomic E-state index is 14.9. The van der Waals surface area contributed by atoms with Crippen molar-refractivity contribution >= 4 is 14.1 Å². The fourth-order valence-electron chi connectivity index (χ4n) is 12.6. The van der Waals surface area contributed by atoms with Crippen molar-refractivity contribution in [1.82, 2.24) is 0 Å². The van der Waals surface area contributed by atoms with Crippen molar-refractivity contribution in [3.8, 4) is 23.0 Å². The summed E-state index contributed by atoms with van der Waals surface area (Å²) in [6.07, 6.45) is 3.87. The second-order valence-corrected chi connectivity index (χ2v) is 29.1. The van der Waals surface area contributed by atoms with E-state index < -0.39 is 50.5 Å². The summed E-state index contributed by atoms with van der Waals surface area (Å²) in [6, 6.07) is 31.8. The molecule has 3 aliphatic heterocycles. The van der Waals surface area contributed by atoms with Crippen LogP contribution in [-0.2, 0) is 68.8 Å². The minimum Gasteiger partial charge on any atom is -0.497 e. The van der Waals surface area contributed by atoms with Crippen molar-refractivity contribution in [2.75, 3.05) is 41.7 Å². The Hall–Kier alpha value is -4.61. The van der Waals surface area contributed by atoms with Crippen LogP contribution in [0.5, 0.6) is 23.0 Å². The standard InChI is InChI=1S/C66H94O13Si/c1-44(2)80(45(3)4,46(5)6)76-43-63-61(75-41-52-24-32-56(71-13)33-25-52)34-47(7)37-66(9)64(77-63)36-57(67)60(79-66)35-48(8)65-59(74-40-51-22-30-55(70-12)31-23-51)17-15-14-16-58(73-39-50-20-28-54(69-11)29-21-50)62(78-65)42-72-38-49-18-26-53(68-10)27-19-49/h14-15,18-33,44-48,58-65H,16-17,34-43H2,1-13H3/b15-14-/t47-,48+,58-,59+,60+,61+,62+,63-,64+,65-,66-/m1/s1. The number of rotatable bonds is 26. The van der Waals surface area contributed by atoms with E-state index in [1.807, 2.05) is 97.1 Å². The van der Waals surface area contributed by atoms with E-state index in [9.17, 15) is 4.79 Å². The molecule has 0 amide bonds. The lowest BCUT2D eigenvalue weighted by molar-refractivity contribution is -0.242. The number of carbonyl (C=O) groups excluding carboxylic acids is 1. The first-order valence-electron chi connectivity index (χ1n) is 29.2. The summed E-state index contributed by atoms with van der Waals surface area (Å²) in [5.74, 6) is 3.11. The zero-order chi connectivity index (χ0) is 57.4. The van der Waals surface area contributed by atoms with Gasteiger partial charge in [-0.1, -0.05) is 116 Å². The molecule has 0 aromatic heterocycles. The van der Waals surface area contributed by atoms with Crippen molar-refractivity contribution in [3.05, 3.63) is 131 Å². The molecule has 3 heterocycles. The summed E-state index contributed by atoms with van der Waals surface area (Å²) in [5, 5.41) is 0. The number of hydrogen-bond donors (Lipinski definition) is 0. The van der Waals surface area contributed by atoms with Crippen LogP contribution in [0, 0.1) is 11.8 Å². The predicted molar refractivity (Wildman–Crippen MR) is 315 cm³/mol. The average Bonchev–Trinajstić information content (AvgIpc) is 3.58. The van der Waals surface area contributed by atoms with Gasteiger partial charge >= 0.3 is 0 Å². The topological polar surface area (TPSA) is 128 Å². The van der Waals surface area contributed by atoms with E-state index in [4.69, 9.17) is 56.5 Å². The molecule has 2 saturated heterocycles. The maximum absolute atomic E-state index is 14.9. The molecule has 0 bridgehead atoms. The van der Waals surface area contributed by atoms with Crippen LogP contribution in [0.25, 0.3) is 0 Å². The molecule has 2 fully saturated rings. The van der Waals surface area contributed by atoms with Crippen molar-refractivity contribution in [2.45, 2.75) is 198 Å². The molecule has 4 aromatic rings. The third-order valence-electron chi connectivity index (χ3n) is 16.9. The Bertz CT molecular complexity index is 2460. The molecule has 13 nitrogen and oxygen atoms in total. The maximum Gasteiger partial charge on any atom is 0.200 e. The van der Waals surface area contributed by atoms with Gasteiger partial charge in [0.25, 0.3) is 0 Å². The number of benzene rings is 4. The zero-order valence-corrected chi connectivity index (χ0v) is 51.2. The van der Waals surface area contributed by atoms with Crippen LogP contribution in [0.3, 0.4) is 0 Å². The number of hydrogen-bond acceptors (Lipinski definition) is 13. The van der Waals surface area contributed by atoms with Crippen LogP contribution in [0.15, 0.2) is 109 Å². The van der Waals surface area contributed by atoms with Gasteiger partial charge in [-0.2, -0.15) is 0 Å². The lowest BCUT2D eigenvalue weighted by atomic mass is 9.78. The normalized spacial score (nSPS) is 26.6. The summed E-state index contributed by atoms with van der Waals surface area (Å²) < 4.78 is 78.3. The van der Waals surface area contributed by atoms with Gasteiger partial charge in [0.05, 0.1) is 104 Å². The number of Topliss-reactive ketones (excluding diaryl/α,β-unsaturated/α-hetero) is 1. The van der Waals surface area contributed by atoms with E-state index in [0.717, 1.165) is 51.7 Å². The number of methoxy groups -OCH3 is 4. The fraction of sp³-hybridized carbons (Fsp3) is 0.591. The van der Waals surface area contributed by atoms with Crippen LogP contribution in [-0.4, -0.2) is 110 Å². The molecule has 0 saturated carbocycles. The van der Waals surface area contributed by atoms with Gasteiger partial charge in [0.1, 0.15) is 41.3 Å². The Morgan fingerprint density at radius 3 is 1.45 bits per heavy atom. The Balaban J connectivity index is 1.16. The molecule has 0 N–H and O–H groups in total. The average molecular weight is 1120 g/mol. The third kappa shape index (κ3) is 16.8. The molecule has 4 aromatic carbocycles. The summed E-state index contributed by atoms with van der Waals surface area (Å²) in [5.41, 5.74) is 4.46. The van der Waals surface area contributed by atoms with Gasteiger partial charge < -0.3 is 56.5 Å². The highest BCUT2D eigenvalue weighted by Crippen LogP contribution is 2.45. The van der Waals surface area contributed by atoms with Crippen LogP contribution in [0.1, 0.15) is 123 Å². The molecule has 3 aliphatic rings. The molecule has 80 heavy (non-hydrogen) atoms. The Kier molecular flexibility index (Phi) is 23.7.